The summed E-state index contributed by atoms with van der Waals surface area (Å²) in [7, 11) is 4.36. The molecule has 1 aliphatic rings. The monoisotopic (exact) mass is 500 g/mol. The van der Waals surface area contributed by atoms with Crippen LogP contribution in [0.1, 0.15) is 26.3 Å². The first-order valence-corrected chi connectivity index (χ1v) is 10.7. The molecule has 34 heavy (non-hydrogen) atoms. The highest BCUT2D eigenvalue weighted by Crippen LogP contribution is 2.39. The molecule has 0 unspecified atom stereocenters. The average Bonchev–Trinajstić information content (AvgIpc) is 3.14. The molecule has 0 bridgehead atoms. The minimum absolute atomic E-state index is 0.112. The highest BCUT2D eigenvalue weighted by molar-refractivity contribution is 6.42. The number of halogens is 2. The predicted octanol–water partition coefficient (Wildman–Crippen LogP) is 5.85. The van der Waals surface area contributed by atoms with Crippen molar-refractivity contribution in [1.82, 2.24) is 0 Å². The summed E-state index contributed by atoms with van der Waals surface area (Å²) < 4.78 is 27.0. The minimum Gasteiger partial charge on any atom is -0.493 e. The van der Waals surface area contributed by atoms with Gasteiger partial charge in [0.2, 0.25) is 11.5 Å². The van der Waals surface area contributed by atoms with Crippen molar-refractivity contribution in [2.75, 3.05) is 21.3 Å². The lowest BCUT2D eigenvalue weighted by atomic mass is 10.1. The van der Waals surface area contributed by atoms with Crippen LogP contribution in [0.4, 0.5) is 0 Å². The number of benzene rings is 3. The van der Waals surface area contributed by atoms with Crippen molar-refractivity contribution >= 4 is 41.0 Å². The van der Waals surface area contributed by atoms with Crippen molar-refractivity contribution in [1.29, 1.82) is 0 Å². The Hall–Kier alpha value is -3.68. The van der Waals surface area contributed by atoms with Crippen LogP contribution in [-0.4, -0.2) is 33.1 Å². The van der Waals surface area contributed by atoms with Crippen LogP contribution in [0.5, 0.6) is 28.7 Å². The first-order valence-electron chi connectivity index (χ1n) is 9.90. The summed E-state index contributed by atoms with van der Waals surface area (Å²) in [5, 5.41) is 0.768. The molecule has 0 radical (unpaired) electrons. The van der Waals surface area contributed by atoms with Gasteiger partial charge < -0.3 is 23.7 Å². The van der Waals surface area contributed by atoms with Crippen molar-refractivity contribution in [2.45, 2.75) is 0 Å². The summed E-state index contributed by atoms with van der Waals surface area (Å²) in [4.78, 5) is 25.5. The van der Waals surface area contributed by atoms with E-state index < -0.39 is 5.97 Å². The molecule has 0 spiro atoms. The van der Waals surface area contributed by atoms with Gasteiger partial charge in [0.05, 0.1) is 42.5 Å². The number of hydrogen-bond donors (Lipinski definition) is 0. The number of rotatable bonds is 6. The number of esters is 1. The molecule has 1 aliphatic heterocycles. The number of carbonyl (C=O) groups is 2. The molecule has 0 N–H and O–H groups in total. The zero-order valence-electron chi connectivity index (χ0n) is 18.3. The molecule has 9 heteroatoms. The Morgan fingerprint density at radius 3 is 2.21 bits per heavy atom. The third kappa shape index (κ3) is 4.53. The number of carbonyl (C=O) groups excluding carboxylic acids is 2. The van der Waals surface area contributed by atoms with Gasteiger partial charge >= 0.3 is 5.97 Å². The lowest BCUT2D eigenvalue weighted by Crippen LogP contribution is -2.09. The molecule has 0 atom stereocenters. The fourth-order valence-electron chi connectivity index (χ4n) is 3.35. The second-order valence-corrected chi connectivity index (χ2v) is 7.89. The molecule has 0 saturated heterocycles. The van der Waals surface area contributed by atoms with Crippen molar-refractivity contribution in [2.24, 2.45) is 0 Å². The number of hydrogen-bond acceptors (Lipinski definition) is 7. The van der Waals surface area contributed by atoms with Crippen molar-refractivity contribution in [3.63, 3.8) is 0 Å². The fraction of sp³-hybridized carbons (Fsp3) is 0.120. The summed E-state index contributed by atoms with van der Waals surface area (Å²) in [6, 6.07) is 12.4. The van der Waals surface area contributed by atoms with Gasteiger partial charge in [0.1, 0.15) is 11.5 Å². The second-order valence-electron chi connectivity index (χ2n) is 7.07. The lowest BCUT2D eigenvalue weighted by molar-refractivity contribution is 0.0733. The van der Waals surface area contributed by atoms with E-state index in [2.05, 4.69) is 0 Å². The number of ether oxygens (including phenoxy) is 5. The number of Topliss-reactive ketones (excluding diaryl/α,β-unsaturated/α-hetero) is 1. The minimum atomic E-state index is -0.657. The van der Waals surface area contributed by atoms with E-state index in [0.717, 1.165) is 0 Å². The SMILES string of the molecule is COc1cc(C(=O)Oc2ccc3c(c2)OC(=Cc2ccc(Cl)c(Cl)c2)C3=O)cc(OC)c1OC. The first kappa shape index (κ1) is 23.5. The molecule has 7 nitrogen and oxygen atoms in total. The molecular weight excluding hydrogens is 483 g/mol. The average molecular weight is 501 g/mol. The van der Waals surface area contributed by atoms with Gasteiger partial charge in [-0.2, -0.15) is 0 Å². The number of methoxy groups -OCH3 is 3. The summed E-state index contributed by atoms with van der Waals surface area (Å²) in [5.74, 6) is 0.600. The highest BCUT2D eigenvalue weighted by Gasteiger charge is 2.28. The molecule has 0 saturated carbocycles. The van der Waals surface area contributed by atoms with Crippen LogP contribution in [0.15, 0.2) is 54.3 Å². The van der Waals surface area contributed by atoms with Crippen LogP contribution in [0.25, 0.3) is 6.08 Å². The smallest absolute Gasteiger partial charge is 0.343 e. The maximum atomic E-state index is 12.8. The molecule has 3 aromatic carbocycles. The van der Waals surface area contributed by atoms with E-state index in [1.54, 1.807) is 24.3 Å². The summed E-state index contributed by atoms with van der Waals surface area (Å²) in [6.07, 6.45) is 1.56. The van der Waals surface area contributed by atoms with Crippen LogP contribution in [0.2, 0.25) is 10.0 Å². The summed E-state index contributed by atoms with van der Waals surface area (Å²) in [5.41, 5.74) is 1.19. The van der Waals surface area contributed by atoms with E-state index in [1.807, 2.05) is 0 Å². The van der Waals surface area contributed by atoms with Gasteiger partial charge in [0.15, 0.2) is 17.3 Å². The number of fused-ring (bicyclic) bond motifs is 1. The maximum Gasteiger partial charge on any atom is 0.343 e. The standard InChI is InChI=1S/C25H18Cl2O7/c1-30-21-10-14(11-22(31-2)24(21)32-3)25(29)33-15-5-6-16-19(12-15)34-20(23(16)28)9-13-4-7-17(26)18(27)8-13/h4-12H,1-3H3. The fourth-order valence-corrected chi connectivity index (χ4v) is 3.66. The molecule has 0 fully saturated rings. The summed E-state index contributed by atoms with van der Waals surface area (Å²) in [6.45, 7) is 0. The Bertz CT molecular complexity index is 1310. The second kappa shape index (κ2) is 9.67. The van der Waals surface area contributed by atoms with Gasteiger partial charge in [-0.05, 0) is 48.0 Å². The van der Waals surface area contributed by atoms with Crippen molar-refractivity contribution < 1.29 is 33.3 Å². The van der Waals surface area contributed by atoms with E-state index >= 15 is 0 Å². The Morgan fingerprint density at radius 1 is 0.882 bits per heavy atom. The molecule has 1 heterocycles. The maximum absolute atomic E-state index is 12.8. The van der Waals surface area contributed by atoms with Gasteiger partial charge in [-0.15, -0.1) is 0 Å². The largest absolute Gasteiger partial charge is 0.493 e. The van der Waals surface area contributed by atoms with E-state index in [0.29, 0.717) is 38.4 Å². The third-order valence-electron chi connectivity index (χ3n) is 4.99. The highest BCUT2D eigenvalue weighted by atomic mass is 35.5. The molecule has 0 aliphatic carbocycles. The molecule has 0 aromatic heterocycles. The third-order valence-corrected chi connectivity index (χ3v) is 5.73. The number of ketones is 1. The number of allylic oxidation sites excluding steroid dienone is 1. The van der Waals surface area contributed by atoms with Crippen LogP contribution in [0.3, 0.4) is 0 Å². The van der Waals surface area contributed by atoms with Gasteiger partial charge in [-0.1, -0.05) is 29.3 Å². The zero-order valence-corrected chi connectivity index (χ0v) is 19.8. The Labute approximate surface area is 205 Å². The molecule has 0 amide bonds. The molecule has 4 rings (SSSR count). The van der Waals surface area contributed by atoms with Crippen molar-refractivity contribution in [3.8, 4) is 28.7 Å². The van der Waals surface area contributed by atoms with Crippen LogP contribution < -0.4 is 23.7 Å². The van der Waals surface area contributed by atoms with Gasteiger partial charge in [0.25, 0.3) is 0 Å². The summed E-state index contributed by atoms with van der Waals surface area (Å²) >= 11 is 12.0. The Balaban J connectivity index is 1.57. The Kier molecular flexibility index (Phi) is 6.68. The lowest BCUT2D eigenvalue weighted by Gasteiger charge is -2.13. The van der Waals surface area contributed by atoms with Crippen LogP contribution in [0, 0.1) is 0 Å². The van der Waals surface area contributed by atoms with Gasteiger partial charge in [-0.25, -0.2) is 4.79 Å². The van der Waals surface area contributed by atoms with Gasteiger partial charge in [0, 0.05) is 6.07 Å². The van der Waals surface area contributed by atoms with Crippen molar-refractivity contribution in [3.05, 3.63) is 81.0 Å². The van der Waals surface area contributed by atoms with E-state index in [9.17, 15) is 9.59 Å². The van der Waals surface area contributed by atoms with E-state index in [4.69, 9.17) is 46.9 Å². The van der Waals surface area contributed by atoms with Crippen LogP contribution >= 0.6 is 23.2 Å². The Morgan fingerprint density at radius 2 is 1.59 bits per heavy atom. The molecule has 3 aromatic rings. The van der Waals surface area contributed by atoms with Gasteiger partial charge in [-0.3, -0.25) is 4.79 Å². The zero-order chi connectivity index (χ0) is 24.4. The quantitative estimate of drug-likeness (QED) is 0.238. The normalized spacial score (nSPS) is 13.3. The molecule has 174 valence electrons. The topological polar surface area (TPSA) is 80.3 Å². The predicted molar refractivity (Wildman–Crippen MR) is 127 cm³/mol. The molecular formula is C25H18Cl2O7. The first-order chi connectivity index (χ1) is 16.3. The van der Waals surface area contributed by atoms with E-state index in [-0.39, 0.29) is 28.6 Å². The van der Waals surface area contributed by atoms with Crippen LogP contribution in [-0.2, 0) is 0 Å². The van der Waals surface area contributed by atoms with E-state index in [1.165, 1.54) is 51.7 Å².